The van der Waals surface area contributed by atoms with E-state index in [0.29, 0.717) is 35.8 Å². The first-order valence-corrected chi connectivity index (χ1v) is 9.41. The molecule has 1 N–H and O–H groups in total. The van der Waals surface area contributed by atoms with Crippen molar-refractivity contribution >= 4 is 12.3 Å². The molecule has 0 aliphatic heterocycles. The van der Waals surface area contributed by atoms with E-state index < -0.39 is 0 Å². The van der Waals surface area contributed by atoms with Crippen LogP contribution in [0.3, 0.4) is 0 Å². The molecule has 0 saturated heterocycles. The third kappa shape index (κ3) is 3.52. The van der Waals surface area contributed by atoms with Crippen molar-refractivity contribution in [2.45, 2.75) is 57.5 Å². The molecule has 25 heavy (non-hydrogen) atoms. The van der Waals surface area contributed by atoms with Crippen molar-refractivity contribution in [1.29, 1.82) is 0 Å². The van der Waals surface area contributed by atoms with Crippen molar-refractivity contribution in [3.63, 3.8) is 0 Å². The van der Waals surface area contributed by atoms with E-state index >= 15 is 0 Å². The van der Waals surface area contributed by atoms with Crippen LogP contribution < -0.4 is 39.0 Å². The smallest absolute Gasteiger partial charge is 0.691 e. The minimum Gasteiger partial charge on any atom is -0.691 e. The van der Waals surface area contributed by atoms with Gasteiger partial charge in [-0.05, 0) is 85.0 Å². The molecule has 0 bridgehead atoms. The average molecular weight is 374 g/mol. The van der Waals surface area contributed by atoms with E-state index in [1.165, 1.54) is 24.0 Å². The number of aliphatic hydroxyl groups excluding tert-OH is 1. The van der Waals surface area contributed by atoms with Gasteiger partial charge in [-0.15, -0.1) is 4.33 Å². The van der Waals surface area contributed by atoms with E-state index in [9.17, 15) is 10.4 Å². The van der Waals surface area contributed by atoms with E-state index in [-0.39, 0.29) is 41.1 Å². The molecular weight excluding hydrogens is 351 g/mol. The fourth-order valence-electron chi connectivity index (χ4n) is 5.65. The summed E-state index contributed by atoms with van der Waals surface area (Å²) < 4.78 is 9.44. The molecular formula is C18H23NaO5S. The van der Waals surface area contributed by atoms with E-state index in [1.54, 1.807) is 0 Å². The summed E-state index contributed by atoms with van der Waals surface area (Å²) in [5.74, 6) is 2.60. The van der Waals surface area contributed by atoms with Crippen molar-refractivity contribution in [1.82, 2.24) is 0 Å². The number of fused-ring (bicyclic) bond motifs is 5. The standard InChI is InChI=1S/C18H24O5S.Na/c1-18-9-8-14-13-5-3-12(21-24-23-22-20)10-11(13)2-4-15(14)16(18)6-7-17(18)19;/h3,5,10,14-17,19-20H,2,4,6-9H2,1H3;/q;+1/p-1/t14?,15?,16?,17-,18?;/m1./s1. The molecule has 0 aromatic heterocycles. The van der Waals surface area contributed by atoms with Crippen molar-refractivity contribution < 1.29 is 53.5 Å². The van der Waals surface area contributed by atoms with Gasteiger partial charge in [0, 0.05) is 0 Å². The van der Waals surface area contributed by atoms with Gasteiger partial charge in [0.1, 0.15) is 5.75 Å². The Kier molecular flexibility index (Phi) is 6.44. The molecule has 3 aliphatic carbocycles. The van der Waals surface area contributed by atoms with Gasteiger partial charge in [0.15, 0.2) is 0 Å². The molecule has 7 heteroatoms. The van der Waals surface area contributed by atoms with E-state index in [1.807, 2.05) is 12.1 Å². The Balaban J connectivity index is 0.00000182. The van der Waals surface area contributed by atoms with Crippen LogP contribution in [0.2, 0.25) is 0 Å². The summed E-state index contributed by atoms with van der Waals surface area (Å²) in [4.78, 5) is 0. The summed E-state index contributed by atoms with van der Waals surface area (Å²) in [5, 5.41) is 23.5. The minimum atomic E-state index is -0.124. The number of aliphatic hydroxyl groups is 1. The monoisotopic (exact) mass is 374 g/mol. The summed E-state index contributed by atoms with van der Waals surface area (Å²) in [6.07, 6.45) is 6.50. The Labute approximate surface area is 175 Å². The second kappa shape index (κ2) is 8.07. The Hall–Kier alpha value is 0.210. The van der Waals surface area contributed by atoms with Crippen LogP contribution in [0.4, 0.5) is 0 Å². The maximum atomic E-state index is 10.4. The van der Waals surface area contributed by atoms with Crippen molar-refractivity contribution in [2.75, 3.05) is 0 Å². The number of aryl methyl sites for hydroxylation is 1. The predicted octanol–water partition coefficient (Wildman–Crippen LogP) is 0.0731. The first-order valence-electron chi connectivity index (χ1n) is 8.74. The van der Waals surface area contributed by atoms with Gasteiger partial charge < -0.3 is 14.5 Å². The van der Waals surface area contributed by atoms with Gasteiger partial charge in [-0.1, -0.05) is 13.0 Å². The van der Waals surface area contributed by atoms with E-state index in [2.05, 4.69) is 22.4 Å². The quantitative estimate of drug-likeness (QED) is 0.265. The van der Waals surface area contributed by atoms with Crippen molar-refractivity contribution in [2.24, 2.45) is 17.3 Å². The zero-order chi connectivity index (χ0) is 16.7. The van der Waals surface area contributed by atoms with Gasteiger partial charge in [0.2, 0.25) is 0 Å². The van der Waals surface area contributed by atoms with Crippen LogP contribution in [-0.2, 0) is 15.8 Å². The van der Waals surface area contributed by atoms with E-state index in [4.69, 9.17) is 4.18 Å². The normalized spacial score (nSPS) is 36.0. The zero-order valence-corrected chi connectivity index (χ0v) is 17.6. The predicted molar refractivity (Wildman–Crippen MR) is 87.5 cm³/mol. The van der Waals surface area contributed by atoms with Crippen LogP contribution in [-0.4, -0.2) is 11.2 Å². The van der Waals surface area contributed by atoms with Crippen LogP contribution in [0.5, 0.6) is 5.75 Å². The molecule has 5 nitrogen and oxygen atoms in total. The van der Waals surface area contributed by atoms with Gasteiger partial charge in [-0.2, -0.15) is 0 Å². The molecule has 0 radical (unpaired) electrons. The molecule has 1 aromatic carbocycles. The summed E-state index contributed by atoms with van der Waals surface area (Å²) in [7, 11) is 0. The Morgan fingerprint density at radius 2 is 2.08 bits per heavy atom. The number of benzene rings is 1. The molecule has 132 valence electrons. The Bertz CT molecular complexity index is 615. The summed E-state index contributed by atoms with van der Waals surface area (Å²) in [6.45, 7) is 2.30. The fourth-order valence-corrected chi connectivity index (χ4v) is 5.88. The molecule has 1 aromatic rings. The molecule has 0 amide bonds. The first-order chi connectivity index (χ1) is 11.6. The average Bonchev–Trinajstić information content (AvgIpc) is 2.90. The van der Waals surface area contributed by atoms with Gasteiger partial charge in [-0.25, -0.2) is 0 Å². The van der Waals surface area contributed by atoms with Crippen LogP contribution in [0, 0.1) is 17.3 Å². The van der Waals surface area contributed by atoms with Crippen LogP contribution >= 0.6 is 12.3 Å². The molecule has 4 rings (SSSR count). The number of hydrogen-bond donors (Lipinski definition) is 1. The maximum Gasteiger partial charge on any atom is 1.00 e. The van der Waals surface area contributed by atoms with Crippen molar-refractivity contribution in [3.05, 3.63) is 29.3 Å². The Morgan fingerprint density at radius 3 is 2.88 bits per heavy atom. The largest absolute Gasteiger partial charge is 1.00 e. The van der Waals surface area contributed by atoms with Gasteiger partial charge in [0.25, 0.3) is 12.3 Å². The van der Waals surface area contributed by atoms with Gasteiger partial charge >= 0.3 is 29.6 Å². The fraction of sp³-hybridized carbons (Fsp3) is 0.667. The summed E-state index contributed by atoms with van der Waals surface area (Å²) in [5.41, 5.74) is 2.89. The van der Waals surface area contributed by atoms with Gasteiger partial charge in [-0.3, -0.25) is 5.04 Å². The maximum absolute atomic E-state index is 10.4. The van der Waals surface area contributed by atoms with Crippen molar-refractivity contribution in [3.8, 4) is 5.75 Å². The molecule has 3 aliphatic rings. The van der Waals surface area contributed by atoms with Crippen LogP contribution in [0.25, 0.3) is 0 Å². The Morgan fingerprint density at radius 1 is 1.24 bits per heavy atom. The first kappa shape index (κ1) is 20.0. The summed E-state index contributed by atoms with van der Waals surface area (Å²) >= 11 is 0.530. The third-order valence-electron chi connectivity index (χ3n) is 6.83. The molecule has 0 heterocycles. The van der Waals surface area contributed by atoms with E-state index in [0.717, 1.165) is 25.7 Å². The topological polar surface area (TPSA) is 71.0 Å². The zero-order valence-electron chi connectivity index (χ0n) is 14.8. The molecule has 4 unspecified atom stereocenters. The van der Waals surface area contributed by atoms with Gasteiger partial charge in [0.05, 0.1) is 6.10 Å². The SMILES string of the molecule is CC12CCC3c4ccc(OSOO[O-])cc4CCC3C1CC[C@H]2O.[Na+]. The number of hydrogen-bond acceptors (Lipinski definition) is 6. The molecule has 0 spiro atoms. The second-order valence-corrected chi connectivity index (χ2v) is 8.14. The van der Waals surface area contributed by atoms with Crippen LogP contribution in [0.15, 0.2) is 18.2 Å². The third-order valence-corrected chi connectivity index (χ3v) is 7.21. The summed E-state index contributed by atoms with van der Waals surface area (Å²) in [6, 6.07) is 6.14. The number of rotatable bonds is 4. The minimum absolute atomic E-state index is 0. The second-order valence-electron chi connectivity index (χ2n) is 7.70. The molecule has 2 saturated carbocycles. The molecule has 2 fully saturated rings. The molecule has 5 atom stereocenters. The van der Waals surface area contributed by atoms with Crippen LogP contribution in [0.1, 0.15) is 56.1 Å².